The molecule has 0 radical (unpaired) electrons. The van der Waals surface area contributed by atoms with Crippen molar-refractivity contribution in [1.82, 2.24) is 0 Å². The fourth-order valence-corrected chi connectivity index (χ4v) is 3.41. The molecule has 0 aliphatic heterocycles. The van der Waals surface area contributed by atoms with Gasteiger partial charge in [0, 0.05) is 17.5 Å². The van der Waals surface area contributed by atoms with Gasteiger partial charge in [-0.25, -0.2) is 0 Å². The number of methoxy groups -OCH3 is 3. The highest BCUT2D eigenvalue weighted by Gasteiger charge is 2.30. The second-order valence-electron chi connectivity index (χ2n) is 6.18. The molecule has 0 atom stereocenters. The molecule has 0 saturated heterocycles. The van der Waals surface area contributed by atoms with Gasteiger partial charge in [0.05, 0.1) is 21.3 Å². The minimum Gasteiger partial charge on any atom is -0.490 e. The van der Waals surface area contributed by atoms with E-state index in [4.69, 9.17) is 14.0 Å². The van der Waals surface area contributed by atoms with Gasteiger partial charge in [0.2, 0.25) is 11.5 Å². The third-order valence-electron chi connectivity index (χ3n) is 4.08. The van der Waals surface area contributed by atoms with E-state index < -0.39 is 49.8 Å². The zero-order valence-corrected chi connectivity index (χ0v) is 19.1. The minimum absolute atomic E-state index is 0.0194. The summed E-state index contributed by atoms with van der Waals surface area (Å²) in [6, 6.07) is 0. The molecule has 176 valence electrons. The first kappa shape index (κ1) is 26.5. The van der Waals surface area contributed by atoms with E-state index in [1.54, 1.807) is 13.0 Å². The van der Waals surface area contributed by atoms with Gasteiger partial charge in [0.15, 0.2) is 11.5 Å². The Morgan fingerprint density at radius 2 is 1.35 bits per heavy atom. The van der Waals surface area contributed by atoms with Gasteiger partial charge in [0.1, 0.15) is 0 Å². The number of ether oxygens (including phenoxy) is 3. The molecule has 1 rings (SSSR count). The van der Waals surface area contributed by atoms with Crippen LogP contribution in [-0.4, -0.2) is 53.2 Å². The predicted octanol–water partition coefficient (Wildman–Crippen LogP) is 1.82. The Labute approximate surface area is 180 Å². The summed E-state index contributed by atoms with van der Waals surface area (Å²) in [6.45, 7) is 3.06. The maximum atomic E-state index is 11.4. The summed E-state index contributed by atoms with van der Waals surface area (Å²) in [7, 11) is -6.52. The lowest BCUT2D eigenvalue weighted by atomic mass is 9.99. The molecule has 12 nitrogen and oxygen atoms in total. The first-order valence-electron chi connectivity index (χ1n) is 8.57. The standard InChI is InChI=1S/C17H24O12S2/c1-10(7-9-13(18)25-3)6-8-12-11(2)14(28-30(19,20)21)16(26-4)17(27-5)15(12)29-31(22,23)24/h6H,7-9H2,1-5H3,(H,19,20,21)(H,22,23,24). The van der Waals surface area contributed by atoms with Crippen LogP contribution in [0.25, 0.3) is 0 Å². The molecule has 0 amide bonds. The topological polar surface area (TPSA) is 172 Å². The molecule has 0 bridgehead atoms. The van der Waals surface area contributed by atoms with Crippen molar-refractivity contribution >= 4 is 26.8 Å². The Balaban J connectivity index is 3.67. The number of allylic oxidation sites excluding steroid dienone is 2. The van der Waals surface area contributed by atoms with E-state index in [9.17, 15) is 26.2 Å². The SMILES string of the molecule is COC(=O)CCC(C)=CCc1c(C)c(OS(=O)(=O)O)c(OC)c(OC)c1OS(=O)(=O)O. The molecule has 31 heavy (non-hydrogen) atoms. The van der Waals surface area contributed by atoms with Gasteiger partial charge in [-0.3, -0.25) is 13.9 Å². The van der Waals surface area contributed by atoms with Crippen LogP contribution in [0.1, 0.15) is 30.9 Å². The Hall–Kier alpha value is -2.55. The van der Waals surface area contributed by atoms with Gasteiger partial charge in [-0.15, -0.1) is 0 Å². The van der Waals surface area contributed by atoms with Crippen molar-refractivity contribution < 1.29 is 53.3 Å². The van der Waals surface area contributed by atoms with Gasteiger partial charge in [0.25, 0.3) is 0 Å². The summed E-state index contributed by atoms with van der Waals surface area (Å²) in [5.41, 5.74) is 0.784. The second kappa shape index (κ2) is 10.7. The number of benzene rings is 1. The summed E-state index contributed by atoms with van der Waals surface area (Å²) in [4.78, 5) is 11.3. The largest absolute Gasteiger partial charge is 0.490 e. The van der Waals surface area contributed by atoms with Crippen molar-refractivity contribution in [3.63, 3.8) is 0 Å². The Bertz CT molecular complexity index is 1060. The third-order valence-corrected chi connectivity index (χ3v) is 4.83. The maximum absolute atomic E-state index is 11.4. The van der Waals surface area contributed by atoms with Crippen LogP contribution < -0.4 is 17.8 Å². The summed E-state index contributed by atoms with van der Waals surface area (Å²) in [6.07, 6.45) is 2.01. The number of hydrogen-bond acceptors (Lipinski definition) is 10. The Morgan fingerprint density at radius 1 is 0.871 bits per heavy atom. The van der Waals surface area contributed by atoms with Gasteiger partial charge in [-0.1, -0.05) is 11.6 Å². The number of rotatable bonds is 11. The average Bonchev–Trinajstić information content (AvgIpc) is 2.65. The van der Waals surface area contributed by atoms with Gasteiger partial charge in [-0.2, -0.15) is 16.8 Å². The summed E-state index contributed by atoms with van der Waals surface area (Å²) >= 11 is 0. The lowest BCUT2D eigenvalue weighted by Crippen LogP contribution is -2.14. The molecule has 0 heterocycles. The first-order valence-corrected chi connectivity index (χ1v) is 11.3. The maximum Gasteiger partial charge on any atom is 0.446 e. The van der Waals surface area contributed by atoms with Crippen LogP contribution in [0.4, 0.5) is 0 Å². The van der Waals surface area contributed by atoms with Gasteiger partial charge < -0.3 is 22.6 Å². The van der Waals surface area contributed by atoms with Crippen LogP contribution in [0, 0.1) is 6.92 Å². The Kier molecular flexibility index (Phi) is 9.10. The minimum atomic E-state index is -5.01. The highest BCUT2D eigenvalue weighted by molar-refractivity contribution is 7.81. The van der Waals surface area contributed by atoms with Crippen LogP contribution in [0.3, 0.4) is 0 Å². The van der Waals surface area contributed by atoms with Crippen molar-refractivity contribution in [1.29, 1.82) is 0 Å². The quantitative estimate of drug-likeness (QED) is 0.265. The van der Waals surface area contributed by atoms with Crippen LogP contribution in [0.5, 0.6) is 23.0 Å². The lowest BCUT2D eigenvalue weighted by molar-refractivity contribution is -0.140. The zero-order chi connectivity index (χ0) is 24.0. The molecule has 2 N–H and O–H groups in total. The van der Waals surface area contributed by atoms with Crippen LogP contribution >= 0.6 is 0 Å². The predicted molar refractivity (Wildman–Crippen MR) is 107 cm³/mol. The molecule has 14 heteroatoms. The molecule has 0 saturated carbocycles. The number of esters is 1. The summed E-state index contributed by atoms with van der Waals surface area (Å²) < 4.78 is 87.7. The number of carbonyl (C=O) groups is 1. The molecular weight excluding hydrogens is 460 g/mol. The van der Waals surface area contributed by atoms with Crippen molar-refractivity contribution in [2.45, 2.75) is 33.1 Å². The highest BCUT2D eigenvalue weighted by Crippen LogP contribution is 2.50. The van der Waals surface area contributed by atoms with Crippen molar-refractivity contribution in [3.05, 3.63) is 22.8 Å². The monoisotopic (exact) mass is 484 g/mol. The van der Waals surface area contributed by atoms with Crippen LogP contribution in [0.2, 0.25) is 0 Å². The molecule has 0 unspecified atom stereocenters. The molecule has 0 aliphatic carbocycles. The molecule has 0 spiro atoms. The average molecular weight is 485 g/mol. The van der Waals surface area contributed by atoms with E-state index in [0.29, 0.717) is 6.42 Å². The van der Waals surface area contributed by atoms with Crippen molar-refractivity contribution in [2.24, 2.45) is 0 Å². The van der Waals surface area contributed by atoms with Gasteiger partial charge in [-0.05, 0) is 26.7 Å². The van der Waals surface area contributed by atoms with E-state index >= 15 is 0 Å². The fraction of sp³-hybridized carbons (Fsp3) is 0.471. The lowest BCUT2D eigenvalue weighted by Gasteiger charge is -2.21. The summed E-state index contributed by atoms with van der Waals surface area (Å²) in [5, 5.41) is 0. The Morgan fingerprint density at radius 3 is 1.81 bits per heavy atom. The van der Waals surface area contributed by atoms with Crippen LogP contribution in [-0.2, 0) is 36.8 Å². The van der Waals surface area contributed by atoms with E-state index in [0.717, 1.165) is 19.8 Å². The summed E-state index contributed by atoms with van der Waals surface area (Å²) in [5.74, 6) is -2.17. The van der Waals surface area contributed by atoms with E-state index in [1.807, 2.05) is 0 Å². The number of carbonyl (C=O) groups excluding carboxylic acids is 1. The van der Waals surface area contributed by atoms with Crippen molar-refractivity contribution in [2.75, 3.05) is 21.3 Å². The molecule has 1 aromatic carbocycles. The van der Waals surface area contributed by atoms with Gasteiger partial charge >= 0.3 is 26.8 Å². The van der Waals surface area contributed by atoms with Crippen LogP contribution in [0.15, 0.2) is 11.6 Å². The van der Waals surface area contributed by atoms with Crippen molar-refractivity contribution in [3.8, 4) is 23.0 Å². The van der Waals surface area contributed by atoms with E-state index in [2.05, 4.69) is 13.1 Å². The highest BCUT2D eigenvalue weighted by atomic mass is 32.3. The fourth-order valence-electron chi connectivity index (χ4n) is 2.62. The zero-order valence-electron chi connectivity index (χ0n) is 17.5. The number of hydrogen-bond donors (Lipinski definition) is 2. The first-order chi connectivity index (χ1) is 14.2. The molecule has 1 aromatic rings. The van der Waals surface area contributed by atoms with E-state index in [-0.39, 0.29) is 24.0 Å². The normalized spacial score (nSPS) is 12.3. The molecule has 0 fully saturated rings. The molecular formula is C17H24O12S2. The second-order valence-corrected chi connectivity index (χ2v) is 8.23. The van der Waals surface area contributed by atoms with E-state index in [1.165, 1.54) is 14.0 Å². The smallest absolute Gasteiger partial charge is 0.446 e. The molecule has 0 aromatic heterocycles. The molecule has 0 aliphatic rings. The third kappa shape index (κ3) is 7.90.